The number of hydrogen-bond acceptors (Lipinski definition) is 5. The van der Waals surface area contributed by atoms with Gasteiger partial charge in [-0.1, -0.05) is 42.0 Å². The lowest BCUT2D eigenvalue weighted by molar-refractivity contribution is -0.120. The topological polar surface area (TPSA) is 59.1 Å². The molecule has 33 heavy (non-hydrogen) atoms. The third-order valence-corrected chi connectivity index (χ3v) is 6.48. The first-order valence-corrected chi connectivity index (χ1v) is 11.0. The van der Waals surface area contributed by atoms with Gasteiger partial charge in [0.25, 0.3) is 11.8 Å². The zero-order valence-corrected chi connectivity index (χ0v) is 18.4. The fourth-order valence-corrected chi connectivity index (χ4v) is 4.93. The summed E-state index contributed by atoms with van der Waals surface area (Å²) in [4.78, 5) is 31.0. The maximum atomic E-state index is 13.9. The number of nitrogens with zero attached hydrogens (tertiary/aromatic N) is 2. The number of rotatable bonds is 3. The Kier molecular flexibility index (Phi) is 4.30. The van der Waals surface area contributed by atoms with Crippen LogP contribution in [0.5, 0.6) is 11.5 Å². The van der Waals surface area contributed by atoms with E-state index in [1.807, 2.05) is 55.1 Å². The van der Waals surface area contributed by atoms with Gasteiger partial charge in [-0.2, -0.15) is 0 Å². The monoisotopic (exact) mass is 438 g/mol. The molecule has 3 aromatic carbocycles. The summed E-state index contributed by atoms with van der Waals surface area (Å²) in [5.74, 6) is 0.478. The Morgan fingerprint density at radius 2 is 1.67 bits per heavy atom. The van der Waals surface area contributed by atoms with E-state index in [9.17, 15) is 9.59 Å². The molecule has 164 valence electrons. The molecule has 3 aliphatic heterocycles. The zero-order valence-electron chi connectivity index (χ0n) is 18.4. The summed E-state index contributed by atoms with van der Waals surface area (Å²) in [5, 5.41) is 0. The van der Waals surface area contributed by atoms with Crippen molar-refractivity contribution < 1.29 is 19.1 Å². The lowest BCUT2D eigenvalue weighted by atomic mass is 9.97. The van der Waals surface area contributed by atoms with Crippen LogP contribution in [0.4, 0.5) is 11.4 Å². The van der Waals surface area contributed by atoms with Crippen LogP contribution >= 0.6 is 0 Å². The van der Waals surface area contributed by atoms with Crippen LogP contribution in [-0.2, 0) is 16.0 Å². The van der Waals surface area contributed by atoms with Crippen molar-refractivity contribution in [2.45, 2.75) is 20.3 Å². The van der Waals surface area contributed by atoms with Crippen LogP contribution in [0.2, 0.25) is 0 Å². The minimum Gasteiger partial charge on any atom is -0.454 e. The largest absolute Gasteiger partial charge is 0.454 e. The molecular formula is C27H22N2O4. The second-order valence-electron chi connectivity index (χ2n) is 8.56. The van der Waals surface area contributed by atoms with Crippen molar-refractivity contribution in [1.82, 2.24) is 0 Å². The summed E-state index contributed by atoms with van der Waals surface area (Å²) in [6.07, 6.45) is 0.825. The van der Waals surface area contributed by atoms with Crippen LogP contribution in [0.3, 0.4) is 0 Å². The predicted molar refractivity (Wildman–Crippen MR) is 125 cm³/mol. The average Bonchev–Trinajstić information content (AvgIpc) is 3.50. The molecule has 0 saturated heterocycles. The van der Waals surface area contributed by atoms with Crippen molar-refractivity contribution in [1.29, 1.82) is 0 Å². The summed E-state index contributed by atoms with van der Waals surface area (Å²) in [6.45, 7) is 4.77. The second-order valence-corrected chi connectivity index (χ2v) is 8.56. The molecule has 0 aromatic heterocycles. The van der Waals surface area contributed by atoms with Gasteiger partial charge in [-0.25, -0.2) is 4.90 Å². The molecule has 0 N–H and O–H groups in total. The average molecular weight is 438 g/mol. The quantitative estimate of drug-likeness (QED) is 0.568. The lowest BCUT2D eigenvalue weighted by Crippen LogP contribution is -2.34. The number of carbonyl (C=O) groups is 2. The molecule has 0 radical (unpaired) electrons. The molecule has 0 saturated carbocycles. The first-order chi connectivity index (χ1) is 16.0. The molecule has 3 aromatic rings. The van der Waals surface area contributed by atoms with E-state index < -0.39 is 0 Å². The van der Waals surface area contributed by atoms with Gasteiger partial charge in [0.05, 0.1) is 11.3 Å². The number of para-hydroxylation sites is 1. The lowest BCUT2D eigenvalue weighted by Gasteiger charge is -2.22. The number of anilines is 2. The third-order valence-electron chi connectivity index (χ3n) is 6.48. The van der Waals surface area contributed by atoms with E-state index in [0.717, 1.165) is 28.8 Å². The van der Waals surface area contributed by atoms with Gasteiger partial charge in [0.15, 0.2) is 11.5 Å². The van der Waals surface area contributed by atoms with Crippen molar-refractivity contribution in [3.8, 4) is 11.5 Å². The van der Waals surface area contributed by atoms with Crippen molar-refractivity contribution in [3.05, 3.63) is 88.6 Å². The van der Waals surface area contributed by atoms with Crippen molar-refractivity contribution >= 4 is 28.8 Å². The van der Waals surface area contributed by atoms with Gasteiger partial charge >= 0.3 is 0 Å². The number of carbonyl (C=O) groups excluding carboxylic acids is 2. The highest BCUT2D eigenvalue weighted by atomic mass is 16.7. The SMILES string of the molecule is Cc1ccc(C2=C(N3CCc4ccccc43)C(=O)N(c3ccc4c(c3)OCO4)C2=O)c(C)c1. The number of ether oxygens (including phenoxy) is 2. The zero-order chi connectivity index (χ0) is 22.7. The van der Waals surface area contributed by atoms with Gasteiger partial charge in [0.2, 0.25) is 6.79 Å². The predicted octanol–water partition coefficient (Wildman–Crippen LogP) is 4.38. The van der Waals surface area contributed by atoms with E-state index in [2.05, 4.69) is 6.07 Å². The van der Waals surface area contributed by atoms with Gasteiger partial charge in [0.1, 0.15) is 5.70 Å². The second kappa shape index (κ2) is 7.24. The number of amides is 2. The van der Waals surface area contributed by atoms with E-state index in [4.69, 9.17) is 9.47 Å². The van der Waals surface area contributed by atoms with Crippen LogP contribution in [0.15, 0.2) is 66.4 Å². The van der Waals surface area contributed by atoms with Crippen LogP contribution in [0.25, 0.3) is 5.57 Å². The van der Waals surface area contributed by atoms with E-state index in [1.165, 1.54) is 10.5 Å². The van der Waals surface area contributed by atoms with Crippen LogP contribution in [-0.4, -0.2) is 25.2 Å². The Labute approximate surface area is 191 Å². The molecule has 3 heterocycles. The Hall–Kier alpha value is -4.06. The van der Waals surface area contributed by atoms with Gasteiger partial charge in [-0.15, -0.1) is 0 Å². The Morgan fingerprint density at radius 1 is 0.848 bits per heavy atom. The molecule has 0 spiro atoms. The summed E-state index contributed by atoms with van der Waals surface area (Å²) < 4.78 is 10.9. The number of benzene rings is 3. The van der Waals surface area contributed by atoms with Crippen LogP contribution < -0.4 is 19.3 Å². The molecule has 2 amide bonds. The summed E-state index contributed by atoms with van der Waals surface area (Å²) in [6, 6.07) is 19.2. The summed E-state index contributed by atoms with van der Waals surface area (Å²) >= 11 is 0. The molecular weight excluding hydrogens is 416 g/mol. The fourth-order valence-electron chi connectivity index (χ4n) is 4.93. The minimum absolute atomic E-state index is 0.128. The van der Waals surface area contributed by atoms with Gasteiger partial charge in [-0.3, -0.25) is 9.59 Å². The molecule has 0 bridgehead atoms. The first-order valence-electron chi connectivity index (χ1n) is 11.0. The molecule has 0 fully saturated rings. The summed E-state index contributed by atoms with van der Waals surface area (Å²) in [7, 11) is 0. The maximum Gasteiger partial charge on any atom is 0.282 e. The summed E-state index contributed by atoms with van der Waals surface area (Å²) in [5.41, 5.74) is 6.33. The highest BCUT2D eigenvalue weighted by Crippen LogP contribution is 2.43. The molecule has 6 heteroatoms. The highest BCUT2D eigenvalue weighted by molar-refractivity contribution is 6.46. The number of aryl methyl sites for hydroxylation is 2. The Balaban J connectivity index is 1.53. The molecule has 3 aliphatic rings. The molecule has 6 rings (SSSR count). The van der Waals surface area contributed by atoms with Gasteiger partial charge in [-0.05, 0) is 55.2 Å². The van der Waals surface area contributed by atoms with Gasteiger partial charge in [0, 0.05) is 18.3 Å². The maximum absolute atomic E-state index is 13.9. The third kappa shape index (κ3) is 2.94. The number of hydrogen-bond donors (Lipinski definition) is 0. The van der Waals surface area contributed by atoms with E-state index in [0.29, 0.717) is 35.0 Å². The van der Waals surface area contributed by atoms with Crippen molar-refractivity contribution in [2.75, 3.05) is 23.1 Å². The number of fused-ring (bicyclic) bond motifs is 2. The normalized spacial score (nSPS) is 16.8. The van der Waals surface area contributed by atoms with Gasteiger partial charge < -0.3 is 14.4 Å². The molecule has 6 nitrogen and oxygen atoms in total. The fraction of sp³-hybridized carbons (Fsp3) is 0.185. The smallest absolute Gasteiger partial charge is 0.282 e. The molecule has 0 aliphatic carbocycles. The van der Waals surface area contributed by atoms with Crippen LogP contribution in [0, 0.1) is 13.8 Å². The van der Waals surface area contributed by atoms with E-state index >= 15 is 0 Å². The van der Waals surface area contributed by atoms with Crippen molar-refractivity contribution in [2.24, 2.45) is 0 Å². The first kappa shape index (κ1) is 19.6. The Bertz CT molecular complexity index is 1370. The molecule has 0 unspecified atom stereocenters. The van der Waals surface area contributed by atoms with Crippen LogP contribution in [0.1, 0.15) is 22.3 Å². The standard InChI is InChI=1S/C27H22N2O4/c1-16-7-9-20(17(2)13-16)24-25(28-12-11-18-5-3-4-6-21(18)28)27(31)29(26(24)30)19-8-10-22-23(14-19)33-15-32-22/h3-10,13-14H,11-12,15H2,1-2H3. The molecule has 0 atom stereocenters. The van der Waals surface area contributed by atoms with E-state index in [-0.39, 0.29) is 18.6 Å². The minimum atomic E-state index is -0.329. The number of imide groups is 1. The van der Waals surface area contributed by atoms with Crippen molar-refractivity contribution in [3.63, 3.8) is 0 Å². The highest BCUT2D eigenvalue weighted by Gasteiger charge is 2.44. The Morgan fingerprint density at radius 3 is 2.52 bits per heavy atom. The van der Waals surface area contributed by atoms with E-state index in [1.54, 1.807) is 18.2 Å².